The molecular formula is C23H26N4O2S. The molecule has 0 aliphatic carbocycles. The van der Waals surface area contributed by atoms with Crippen LogP contribution in [0.25, 0.3) is 0 Å². The number of methoxy groups -OCH3 is 1. The van der Waals surface area contributed by atoms with Crippen molar-refractivity contribution in [2.75, 3.05) is 20.2 Å². The van der Waals surface area contributed by atoms with Gasteiger partial charge in [-0.05, 0) is 36.1 Å². The first kappa shape index (κ1) is 20.3. The van der Waals surface area contributed by atoms with Crippen LogP contribution in [0.15, 0.2) is 54.6 Å². The Kier molecular flexibility index (Phi) is 6.59. The number of nitrogens with one attached hydrogen (secondary N) is 1. The van der Waals surface area contributed by atoms with Crippen LogP contribution in [-0.2, 0) is 13.0 Å². The van der Waals surface area contributed by atoms with Gasteiger partial charge in [0.05, 0.1) is 7.11 Å². The lowest BCUT2D eigenvalue weighted by Gasteiger charge is -2.31. The van der Waals surface area contributed by atoms with E-state index in [0.29, 0.717) is 12.5 Å². The second-order valence-corrected chi connectivity index (χ2v) is 8.56. The first-order valence-corrected chi connectivity index (χ1v) is 11.0. The van der Waals surface area contributed by atoms with Crippen LogP contribution in [0.4, 0.5) is 4.79 Å². The summed E-state index contributed by atoms with van der Waals surface area (Å²) in [4.78, 5) is 14.3. The monoisotopic (exact) mass is 422 g/mol. The molecule has 0 saturated carbocycles. The number of ether oxygens (including phenoxy) is 1. The van der Waals surface area contributed by atoms with E-state index in [1.165, 1.54) is 5.56 Å². The Bertz CT molecular complexity index is 951. The summed E-state index contributed by atoms with van der Waals surface area (Å²) in [6.45, 7) is 2.06. The molecule has 4 rings (SSSR count). The van der Waals surface area contributed by atoms with Gasteiger partial charge in [-0.25, -0.2) is 4.79 Å². The van der Waals surface area contributed by atoms with E-state index in [-0.39, 0.29) is 6.03 Å². The van der Waals surface area contributed by atoms with Crippen LogP contribution in [0.3, 0.4) is 0 Å². The Morgan fingerprint density at radius 2 is 1.80 bits per heavy atom. The Labute approximate surface area is 180 Å². The third kappa shape index (κ3) is 5.16. The lowest BCUT2D eigenvalue weighted by atomic mass is 9.98. The highest BCUT2D eigenvalue weighted by atomic mass is 32.1. The molecule has 1 saturated heterocycles. The number of aromatic nitrogens is 2. The van der Waals surface area contributed by atoms with E-state index < -0.39 is 0 Å². The quantitative estimate of drug-likeness (QED) is 0.646. The van der Waals surface area contributed by atoms with Crippen molar-refractivity contribution < 1.29 is 9.53 Å². The predicted molar refractivity (Wildman–Crippen MR) is 118 cm³/mol. The molecule has 1 N–H and O–H groups in total. The number of hydrogen-bond donors (Lipinski definition) is 1. The molecule has 1 fully saturated rings. The van der Waals surface area contributed by atoms with Crippen molar-refractivity contribution in [1.82, 2.24) is 20.4 Å². The highest BCUT2D eigenvalue weighted by Gasteiger charge is 2.26. The lowest BCUT2D eigenvalue weighted by Crippen LogP contribution is -2.43. The lowest BCUT2D eigenvalue weighted by molar-refractivity contribution is 0.181. The van der Waals surface area contributed by atoms with Gasteiger partial charge in [0.2, 0.25) is 0 Å². The number of amides is 2. The number of carbonyl (C=O) groups is 1. The average Bonchev–Trinajstić information content (AvgIpc) is 3.27. The summed E-state index contributed by atoms with van der Waals surface area (Å²) in [5, 5.41) is 14.0. The van der Waals surface area contributed by atoms with E-state index in [0.717, 1.165) is 53.7 Å². The van der Waals surface area contributed by atoms with Crippen LogP contribution in [0.2, 0.25) is 0 Å². The molecule has 156 valence electrons. The number of nitrogens with zero attached hydrogens (tertiary/aromatic N) is 3. The molecule has 0 unspecified atom stereocenters. The van der Waals surface area contributed by atoms with E-state index in [4.69, 9.17) is 4.74 Å². The average molecular weight is 423 g/mol. The topological polar surface area (TPSA) is 67.4 Å². The minimum atomic E-state index is 0.00904. The summed E-state index contributed by atoms with van der Waals surface area (Å²) in [6, 6.07) is 18.1. The first-order valence-electron chi connectivity index (χ1n) is 10.2. The molecular weight excluding hydrogens is 396 g/mol. The summed E-state index contributed by atoms with van der Waals surface area (Å²) in [6.07, 6.45) is 2.63. The largest absolute Gasteiger partial charge is 0.497 e. The van der Waals surface area contributed by atoms with Crippen LogP contribution >= 0.6 is 11.3 Å². The van der Waals surface area contributed by atoms with Gasteiger partial charge in [-0.1, -0.05) is 42.5 Å². The molecule has 1 aliphatic heterocycles. The highest BCUT2D eigenvalue weighted by Crippen LogP contribution is 2.31. The SMILES string of the molecule is COc1ccc(Cc2nnc(C3CCN(C(=O)NCc4ccccc4)CC3)s2)cc1. The minimum absolute atomic E-state index is 0.00904. The molecule has 0 spiro atoms. The molecule has 30 heavy (non-hydrogen) atoms. The molecule has 3 aromatic rings. The maximum absolute atomic E-state index is 12.4. The van der Waals surface area contributed by atoms with Gasteiger partial charge in [0, 0.05) is 32.0 Å². The third-order valence-corrected chi connectivity index (χ3v) is 6.50. The normalized spacial score (nSPS) is 14.5. The fourth-order valence-electron chi connectivity index (χ4n) is 3.64. The smallest absolute Gasteiger partial charge is 0.317 e. The molecule has 0 atom stereocenters. The van der Waals surface area contributed by atoms with E-state index >= 15 is 0 Å². The van der Waals surface area contributed by atoms with Crippen LogP contribution in [-0.4, -0.2) is 41.3 Å². The maximum atomic E-state index is 12.4. The zero-order valence-electron chi connectivity index (χ0n) is 17.1. The number of likely N-dealkylation sites (tertiary alicyclic amines) is 1. The number of hydrogen-bond acceptors (Lipinski definition) is 5. The van der Waals surface area contributed by atoms with Gasteiger partial charge in [0.25, 0.3) is 0 Å². The van der Waals surface area contributed by atoms with E-state index in [2.05, 4.69) is 27.6 Å². The van der Waals surface area contributed by atoms with Gasteiger partial charge in [0.1, 0.15) is 15.8 Å². The van der Waals surface area contributed by atoms with Gasteiger partial charge < -0.3 is 15.0 Å². The van der Waals surface area contributed by atoms with Gasteiger partial charge in [-0.3, -0.25) is 0 Å². The molecule has 6 nitrogen and oxygen atoms in total. The van der Waals surface area contributed by atoms with E-state index in [9.17, 15) is 4.79 Å². The highest BCUT2D eigenvalue weighted by molar-refractivity contribution is 7.11. The van der Waals surface area contributed by atoms with Gasteiger partial charge in [-0.15, -0.1) is 21.5 Å². The molecule has 2 amide bonds. The minimum Gasteiger partial charge on any atom is -0.497 e. The fourth-order valence-corrected chi connectivity index (χ4v) is 4.68. The summed E-state index contributed by atoms with van der Waals surface area (Å²) in [5.74, 6) is 1.24. The van der Waals surface area contributed by atoms with E-state index in [1.807, 2.05) is 47.4 Å². The molecule has 1 aromatic heterocycles. The molecule has 2 aromatic carbocycles. The van der Waals surface area contributed by atoms with Crippen molar-refractivity contribution in [2.45, 2.75) is 31.7 Å². The number of rotatable bonds is 6. The number of carbonyl (C=O) groups excluding carboxylic acids is 1. The Hall–Kier alpha value is -2.93. The van der Waals surface area contributed by atoms with Crippen molar-refractivity contribution in [3.8, 4) is 5.75 Å². The van der Waals surface area contributed by atoms with Crippen LogP contribution in [0.5, 0.6) is 5.75 Å². The van der Waals surface area contributed by atoms with Crippen molar-refractivity contribution in [3.63, 3.8) is 0 Å². The van der Waals surface area contributed by atoms with Crippen LogP contribution in [0, 0.1) is 0 Å². The molecule has 0 radical (unpaired) electrons. The number of benzene rings is 2. The standard InChI is InChI=1S/C23H26N4O2S/c1-29-20-9-7-17(8-10-20)15-21-25-26-22(30-21)19-11-13-27(14-12-19)23(28)24-16-18-5-3-2-4-6-18/h2-10,19H,11-16H2,1H3,(H,24,28). The van der Waals surface area contributed by atoms with Crippen molar-refractivity contribution in [1.29, 1.82) is 0 Å². The summed E-state index contributed by atoms with van der Waals surface area (Å²) >= 11 is 1.69. The number of urea groups is 1. The van der Waals surface area contributed by atoms with E-state index in [1.54, 1.807) is 18.4 Å². The van der Waals surface area contributed by atoms with Crippen molar-refractivity contribution >= 4 is 17.4 Å². The predicted octanol–water partition coefficient (Wildman–Crippen LogP) is 4.23. The maximum Gasteiger partial charge on any atom is 0.317 e. The molecule has 1 aliphatic rings. The Morgan fingerprint density at radius 1 is 1.07 bits per heavy atom. The van der Waals surface area contributed by atoms with Gasteiger partial charge in [-0.2, -0.15) is 0 Å². The van der Waals surface area contributed by atoms with Crippen LogP contribution < -0.4 is 10.1 Å². The summed E-state index contributed by atoms with van der Waals surface area (Å²) < 4.78 is 5.21. The summed E-state index contributed by atoms with van der Waals surface area (Å²) in [5.41, 5.74) is 2.31. The van der Waals surface area contributed by atoms with Gasteiger partial charge >= 0.3 is 6.03 Å². The van der Waals surface area contributed by atoms with Gasteiger partial charge in [0.15, 0.2) is 0 Å². The molecule has 7 heteroatoms. The zero-order chi connectivity index (χ0) is 20.8. The summed E-state index contributed by atoms with van der Waals surface area (Å²) in [7, 11) is 1.67. The molecule has 0 bridgehead atoms. The second kappa shape index (κ2) is 9.71. The molecule has 2 heterocycles. The third-order valence-electron chi connectivity index (χ3n) is 5.41. The van der Waals surface area contributed by atoms with Crippen LogP contribution in [0.1, 0.15) is 39.9 Å². The van der Waals surface area contributed by atoms with Crippen molar-refractivity contribution in [3.05, 3.63) is 75.7 Å². The zero-order valence-corrected chi connectivity index (χ0v) is 17.9. The first-order chi connectivity index (χ1) is 14.7. The fraction of sp³-hybridized carbons (Fsp3) is 0.348. The second-order valence-electron chi connectivity index (χ2n) is 7.46. The Balaban J connectivity index is 1.26. The number of piperidine rings is 1. The van der Waals surface area contributed by atoms with Crippen molar-refractivity contribution in [2.24, 2.45) is 0 Å². The Morgan fingerprint density at radius 3 is 2.50 bits per heavy atom.